The van der Waals surface area contributed by atoms with Crippen LogP contribution in [0.3, 0.4) is 0 Å². The zero-order valence-electron chi connectivity index (χ0n) is 36.6. The molecule has 0 fully saturated rings. The predicted molar refractivity (Wildman–Crippen MR) is 255 cm³/mol. The summed E-state index contributed by atoms with van der Waals surface area (Å²) in [6.45, 7) is 23.3. The Hall–Kier alpha value is -5.80. The smallest absolute Gasteiger partial charge is 0.252 e. The lowest BCUT2D eigenvalue weighted by atomic mass is 9.33. The first-order valence-electron chi connectivity index (χ1n) is 21.4. The molecule has 0 saturated carbocycles. The van der Waals surface area contributed by atoms with E-state index in [0.29, 0.717) is 0 Å². The van der Waals surface area contributed by atoms with Crippen LogP contribution in [0.1, 0.15) is 103 Å². The lowest BCUT2D eigenvalue weighted by Gasteiger charge is -2.45. The molecule has 0 spiro atoms. The molecule has 0 bridgehead atoms. The highest BCUT2D eigenvalue weighted by Crippen LogP contribution is 2.47. The van der Waals surface area contributed by atoms with Crippen molar-refractivity contribution in [3.8, 4) is 0 Å². The van der Waals surface area contributed by atoms with Gasteiger partial charge in [0.2, 0.25) is 0 Å². The third-order valence-corrected chi connectivity index (χ3v) is 13.4. The molecule has 0 saturated heterocycles. The Morgan fingerprint density at radius 1 is 0.322 bits per heavy atom. The Morgan fingerprint density at radius 2 is 0.695 bits per heavy atom. The van der Waals surface area contributed by atoms with Crippen molar-refractivity contribution in [2.24, 2.45) is 0 Å². The van der Waals surface area contributed by atoms with Crippen LogP contribution in [-0.4, -0.2) is 6.71 Å². The monoisotopic (exact) mass is 768 g/mol. The van der Waals surface area contributed by atoms with E-state index in [2.05, 4.69) is 243 Å². The first kappa shape index (κ1) is 38.7. The molecule has 0 aromatic heterocycles. The second-order valence-electron chi connectivity index (χ2n) is 19.9. The van der Waals surface area contributed by atoms with E-state index in [9.17, 15) is 0 Å². The van der Waals surface area contributed by atoms with Crippen molar-refractivity contribution in [3.63, 3.8) is 0 Å². The van der Waals surface area contributed by atoms with Crippen LogP contribution in [0.2, 0.25) is 0 Å². The molecule has 0 radical (unpaired) electrons. The van der Waals surface area contributed by atoms with Gasteiger partial charge >= 0.3 is 0 Å². The number of hydrogen-bond acceptors (Lipinski definition) is 2. The van der Waals surface area contributed by atoms with Gasteiger partial charge in [-0.15, -0.1) is 0 Å². The van der Waals surface area contributed by atoms with Crippen LogP contribution in [0.25, 0.3) is 0 Å². The van der Waals surface area contributed by atoms with Crippen LogP contribution >= 0.6 is 0 Å². The zero-order valence-corrected chi connectivity index (χ0v) is 36.6. The third kappa shape index (κ3) is 6.51. The van der Waals surface area contributed by atoms with Crippen molar-refractivity contribution in [3.05, 3.63) is 197 Å². The maximum Gasteiger partial charge on any atom is 0.252 e. The van der Waals surface area contributed by atoms with Crippen molar-refractivity contribution in [2.75, 3.05) is 9.80 Å². The molecule has 9 rings (SSSR count). The molecule has 294 valence electrons. The van der Waals surface area contributed by atoms with E-state index in [1.54, 1.807) is 0 Å². The highest BCUT2D eigenvalue weighted by atomic mass is 15.2. The van der Waals surface area contributed by atoms with Crippen LogP contribution in [0.4, 0.5) is 34.1 Å². The number of anilines is 6. The summed E-state index contributed by atoms with van der Waals surface area (Å²) in [6.07, 6.45) is 0. The highest BCUT2D eigenvalue weighted by Gasteiger charge is 2.44. The van der Waals surface area contributed by atoms with Gasteiger partial charge in [-0.1, -0.05) is 184 Å². The van der Waals surface area contributed by atoms with E-state index in [0.717, 1.165) is 0 Å². The van der Waals surface area contributed by atoms with Crippen LogP contribution in [0.15, 0.2) is 164 Å². The van der Waals surface area contributed by atoms with Crippen molar-refractivity contribution < 1.29 is 0 Å². The summed E-state index contributed by atoms with van der Waals surface area (Å²) in [4.78, 5) is 5.12. The van der Waals surface area contributed by atoms with Gasteiger partial charge in [0.15, 0.2) is 0 Å². The van der Waals surface area contributed by atoms with Gasteiger partial charge in [0.1, 0.15) is 0 Å². The summed E-state index contributed by atoms with van der Waals surface area (Å²) in [5.41, 5.74) is 18.8. The predicted octanol–water partition coefficient (Wildman–Crippen LogP) is 13.0. The molecule has 0 aliphatic carbocycles. The molecule has 59 heavy (non-hydrogen) atoms. The third-order valence-electron chi connectivity index (χ3n) is 13.4. The van der Waals surface area contributed by atoms with Gasteiger partial charge in [-0.3, -0.25) is 0 Å². The Morgan fingerprint density at radius 3 is 1.08 bits per heavy atom. The normalized spacial score (nSPS) is 13.8. The highest BCUT2D eigenvalue weighted by molar-refractivity contribution is 7.00. The van der Waals surface area contributed by atoms with Crippen LogP contribution in [-0.2, 0) is 21.7 Å². The Labute approximate surface area is 353 Å². The SMILES string of the molecule is CC(C)(C)c1cccc(N2c3cc(C(C)(C)c4ccccc4)ccc3B3c4ccc(C(C)(C)c5ccccc5)cc4N(c4cccc(C(C)(C)C)c4)c4cccc2c43)c1. The summed E-state index contributed by atoms with van der Waals surface area (Å²) < 4.78 is 0. The fourth-order valence-corrected chi connectivity index (χ4v) is 9.53. The molecular formula is C56H57BN2. The van der Waals surface area contributed by atoms with Crippen molar-refractivity contribution in [1.29, 1.82) is 0 Å². The molecule has 2 nitrogen and oxygen atoms in total. The van der Waals surface area contributed by atoms with Gasteiger partial charge in [0, 0.05) is 45.0 Å². The minimum absolute atomic E-state index is 0.00344. The Bertz CT molecular complexity index is 2510. The van der Waals surface area contributed by atoms with Crippen molar-refractivity contribution in [1.82, 2.24) is 0 Å². The fourth-order valence-electron chi connectivity index (χ4n) is 9.53. The second kappa shape index (κ2) is 13.9. The van der Waals surface area contributed by atoms with Crippen LogP contribution in [0.5, 0.6) is 0 Å². The molecular weight excluding hydrogens is 711 g/mol. The second-order valence-corrected chi connectivity index (χ2v) is 19.9. The van der Waals surface area contributed by atoms with E-state index >= 15 is 0 Å². The minimum Gasteiger partial charge on any atom is -0.311 e. The molecule has 2 heterocycles. The van der Waals surface area contributed by atoms with E-state index in [-0.39, 0.29) is 28.4 Å². The molecule has 7 aromatic carbocycles. The van der Waals surface area contributed by atoms with Gasteiger partial charge in [0.25, 0.3) is 6.71 Å². The number of nitrogens with zero attached hydrogens (tertiary/aromatic N) is 2. The average Bonchev–Trinajstić information content (AvgIpc) is 3.23. The molecule has 0 N–H and O–H groups in total. The summed E-state index contributed by atoms with van der Waals surface area (Å²) in [5.74, 6) is 0. The standard InChI is InChI=1S/C56H57BN2/c1-53(2,3)40-24-17-26-44(34-40)58-48-28-19-29-49-52(48)57(46-32-30-42(36-50(46)58)55(7,8)38-20-13-11-14-21-38)47-33-31-43(56(9,10)39-22-15-12-16-23-39)37-51(47)59(49)45-27-18-25-41(35-45)54(4,5)6/h11-37H,1-10H3. The minimum atomic E-state index is -0.200. The number of rotatable bonds is 6. The number of fused-ring (bicyclic) bond motifs is 4. The molecule has 0 unspecified atom stereocenters. The zero-order chi connectivity index (χ0) is 41.5. The fraction of sp³-hybridized carbons (Fsp3) is 0.250. The van der Waals surface area contributed by atoms with Crippen molar-refractivity contribution in [2.45, 2.75) is 90.9 Å². The van der Waals surface area contributed by atoms with Gasteiger partial charge in [-0.2, -0.15) is 0 Å². The van der Waals surface area contributed by atoms with E-state index in [4.69, 9.17) is 0 Å². The maximum absolute atomic E-state index is 2.56. The van der Waals surface area contributed by atoms with Crippen LogP contribution in [0, 0.1) is 0 Å². The van der Waals surface area contributed by atoms with Gasteiger partial charge in [-0.25, -0.2) is 0 Å². The molecule has 0 atom stereocenters. The van der Waals surface area contributed by atoms with Gasteiger partial charge in [-0.05, 0) is 109 Å². The molecule has 3 heteroatoms. The molecule has 0 amide bonds. The maximum atomic E-state index is 2.56. The molecule has 2 aliphatic rings. The first-order chi connectivity index (χ1) is 28.0. The number of benzene rings is 7. The Balaban J connectivity index is 1.34. The van der Waals surface area contributed by atoms with Crippen LogP contribution < -0.4 is 26.2 Å². The summed E-state index contributed by atoms with van der Waals surface area (Å²) in [7, 11) is 0. The summed E-state index contributed by atoms with van der Waals surface area (Å²) in [6, 6.07) is 62.0. The topological polar surface area (TPSA) is 6.48 Å². The van der Waals surface area contributed by atoms with Crippen molar-refractivity contribution >= 4 is 57.2 Å². The largest absolute Gasteiger partial charge is 0.311 e. The quantitative estimate of drug-likeness (QED) is 0.155. The van der Waals surface area contributed by atoms with Gasteiger partial charge in [0.05, 0.1) is 0 Å². The lowest BCUT2D eigenvalue weighted by Crippen LogP contribution is -2.61. The lowest BCUT2D eigenvalue weighted by molar-refractivity contribution is 0.590. The van der Waals surface area contributed by atoms with E-state index in [1.807, 2.05) is 0 Å². The first-order valence-corrected chi connectivity index (χ1v) is 21.4. The molecule has 2 aliphatic heterocycles. The number of hydrogen-bond donors (Lipinski definition) is 0. The summed E-state index contributed by atoms with van der Waals surface area (Å²) >= 11 is 0. The molecule has 7 aromatic rings. The van der Waals surface area contributed by atoms with E-state index < -0.39 is 0 Å². The average molecular weight is 769 g/mol. The Kier molecular flexibility index (Phi) is 9.12. The van der Waals surface area contributed by atoms with Gasteiger partial charge < -0.3 is 9.80 Å². The van der Waals surface area contributed by atoms with E-state index in [1.165, 1.54) is 83.9 Å². The summed E-state index contributed by atoms with van der Waals surface area (Å²) in [5, 5.41) is 0.